The van der Waals surface area contributed by atoms with Crippen molar-refractivity contribution in [3.63, 3.8) is 0 Å². The molecule has 0 spiro atoms. The minimum atomic E-state index is -3.88. The van der Waals surface area contributed by atoms with E-state index >= 15 is 0 Å². The minimum Gasteiger partial charge on any atom is -0.461 e. The average Bonchev–Trinajstić information content (AvgIpc) is 3.43. The van der Waals surface area contributed by atoms with Crippen molar-refractivity contribution in [1.82, 2.24) is 14.7 Å². The summed E-state index contributed by atoms with van der Waals surface area (Å²) in [5.41, 5.74) is 0.859. The lowest BCUT2D eigenvalue weighted by Crippen LogP contribution is -2.56. The van der Waals surface area contributed by atoms with Gasteiger partial charge in [-0.1, -0.05) is 0 Å². The third kappa shape index (κ3) is 3.62. The first kappa shape index (κ1) is 23.4. The van der Waals surface area contributed by atoms with Gasteiger partial charge in [0.05, 0.1) is 24.6 Å². The second-order valence-electron chi connectivity index (χ2n) is 8.61. The normalized spacial score (nSPS) is 24.5. The summed E-state index contributed by atoms with van der Waals surface area (Å²) in [6.45, 7) is 2.71. The lowest BCUT2D eigenvalue weighted by molar-refractivity contribution is 0.0517. The second kappa shape index (κ2) is 7.67. The van der Waals surface area contributed by atoms with Gasteiger partial charge in [0, 0.05) is 25.7 Å². The Hall–Kier alpha value is -1.71. The van der Waals surface area contributed by atoms with E-state index in [0.717, 1.165) is 0 Å². The average molecular weight is 494 g/mol. The summed E-state index contributed by atoms with van der Waals surface area (Å²) in [6.07, 6.45) is 1.10. The van der Waals surface area contributed by atoms with Crippen LogP contribution in [0.15, 0.2) is 0 Å². The molecule has 0 unspecified atom stereocenters. The van der Waals surface area contributed by atoms with Crippen LogP contribution in [0, 0.1) is 0 Å². The van der Waals surface area contributed by atoms with Crippen molar-refractivity contribution in [1.29, 1.82) is 0 Å². The van der Waals surface area contributed by atoms with Crippen molar-refractivity contribution in [2.24, 2.45) is 7.05 Å². The molecule has 0 aromatic carbocycles. The summed E-state index contributed by atoms with van der Waals surface area (Å²) in [5, 5.41) is 4.15. The van der Waals surface area contributed by atoms with E-state index in [0.29, 0.717) is 24.8 Å². The number of esters is 1. The number of carbonyl (C=O) groups excluding carboxylic acids is 2. The fourth-order valence-corrected chi connectivity index (χ4v) is 7.72. The van der Waals surface area contributed by atoms with Crippen LogP contribution in [0.1, 0.15) is 53.2 Å². The number of fused-ring (bicyclic) bond motifs is 1. The van der Waals surface area contributed by atoms with Crippen LogP contribution in [0.3, 0.4) is 0 Å². The molecule has 12 nitrogen and oxygen atoms in total. The first-order chi connectivity index (χ1) is 14.9. The maximum atomic E-state index is 13.5. The zero-order valence-corrected chi connectivity index (χ0v) is 19.7. The molecule has 1 aromatic heterocycles. The number of aromatic nitrogens is 2. The molecule has 1 amide bonds. The zero-order valence-electron chi connectivity index (χ0n) is 18.1. The zero-order chi connectivity index (χ0) is 23.5. The van der Waals surface area contributed by atoms with E-state index in [2.05, 4.69) is 5.10 Å². The summed E-state index contributed by atoms with van der Waals surface area (Å²) in [4.78, 5) is 26.9. The van der Waals surface area contributed by atoms with E-state index < -0.39 is 55.6 Å². The topological polar surface area (TPSA) is 157 Å². The Morgan fingerprint density at radius 1 is 1.28 bits per heavy atom. The number of hydrogen-bond acceptors (Lipinski definition) is 10. The summed E-state index contributed by atoms with van der Waals surface area (Å²) in [7, 11) is -2.32. The largest absolute Gasteiger partial charge is 0.461 e. The molecule has 2 N–H and O–H groups in total. The molecule has 4 rings (SSSR count). The molecule has 2 fully saturated rings. The first-order valence-corrected chi connectivity index (χ1v) is 13.1. The molecule has 2 aliphatic heterocycles. The van der Waals surface area contributed by atoms with E-state index in [1.807, 2.05) is 0 Å². The van der Waals surface area contributed by atoms with Crippen LogP contribution >= 0.6 is 11.2 Å². The van der Waals surface area contributed by atoms with E-state index in [9.17, 15) is 27.1 Å². The second-order valence-corrected chi connectivity index (χ2v) is 12.8. The van der Waals surface area contributed by atoms with Gasteiger partial charge in [0.15, 0.2) is 15.5 Å². The molecule has 0 bridgehead atoms. The number of ether oxygens (including phenoxy) is 1. The van der Waals surface area contributed by atoms with E-state index in [1.54, 1.807) is 14.0 Å². The highest BCUT2D eigenvalue weighted by molar-refractivity contribution is 8.16. The molecule has 0 atom stereocenters. The van der Waals surface area contributed by atoms with E-state index in [4.69, 9.17) is 13.1 Å². The van der Waals surface area contributed by atoms with Crippen LogP contribution in [0.2, 0.25) is 0 Å². The van der Waals surface area contributed by atoms with E-state index in [1.165, 1.54) is 16.5 Å². The predicted molar refractivity (Wildman–Crippen MR) is 113 cm³/mol. The van der Waals surface area contributed by atoms with Crippen molar-refractivity contribution < 1.29 is 40.2 Å². The molecular formula is C18H27N3O9S2. The van der Waals surface area contributed by atoms with Crippen LogP contribution in [0.5, 0.6) is 0 Å². The summed E-state index contributed by atoms with van der Waals surface area (Å²) < 4.78 is 59.5. The SMILES string of the molecule is CCOC(=O)c1nn(C)c2c1CCN(CC1(S(=O)(=O)C3(C)COS(O)(O)OC3)CC1)C2=O. The monoisotopic (exact) mass is 493 g/mol. The molecule has 180 valence electrons. The Morgan fingerprint density at radius 3 is 2.47 bits per heavy atom. The van der Waals surface area contributed by atoms with Gasteiger partial charge in [0.1, 0.15) is 10.4 Å². The predicted octanol–water partition coefficient (Wildman–Crippen LogP) is 0.929. The number of hydrogen-bond donors (Lipinski definition) is 2. The Balaban J connectivity index is 1.56. The van der Waals surface area contributed by atoms with Crippen LogP contribution < -0.4 is 0 Å². The number of carbonyl (C=O) groups is 2. The molecule has 1 saturated heterocycles. The van der Waals surface area contributed by atoms with Crippen molar-refractivity contribution >= 4 is 32.9 Å². The van der Waals surface area contributed by atoms with Crippen LogP contribution in [0.4, 0.5) is 0 Å². The van der Waals surface area contributed by atoms with Crippen molar-refractivity contribution in [2.45, 2.75) is 42.6 Å². The number of nitrogens with zero attached hydrogens (tertiary/aromatic N) is 3. The molecule has 1 aliphatic carbocycles. The smallest absolute Gasteiger partial charge is 0.359 e. The molecule has 14 heteroatoms. The van der Waals surface area contributed by atoms with Crippen molar-refractivity contribution in [3.05, 3.63) is 17.0 Å². The fraction of sp³-hybridized carbons (Fsp3) is 0.722. The molecule has 3 heterocycles. The number of aryl methyl sites for hydroxylation is 1. The number of rotatable bonds is 6. The molecule has 3 aliphatic rings. The summed E-state index contributed by atoms with van der Waals surface area (Å²) >= 11 is -3.70. The molecular weight excluding hydrogens is 466 g/mol. The van der Waals surface area contributed by atoms with Gasteiger partial charge in [0.25, 0.3) is 5.91 Å². The number of sulfone groups is 1. The lowest BCUT2D eigenvalue weighted by atomic mass is 10.0. The highest BCUT2D eigenvalue weighted by atomic mass is 32.3. The van der Waals surface area contributed by atoms with Crippen LogP contribution in [0.25, 0.3) is 0 Å². The molecule has 0 radical (unpaired) electrons. The Bertz CT molecular complexity index is 1050. The van der Waals surface area contributed by atoms with Gasteiger partial charge in [-0.3, -0.25) is 26.9 Å². The Morgan fingerprint density at radius 2 is 1.91 bits per heavy atom. The minimum absolute atomic E-state index is 0.0145. The third-order valence-corrected chi connectivity index (χ3v) is 10.3. The van der Waals surface area contributed by atoms with Crippen molar-refractivity contribution in [3.8, 4) is 0 Å². The fourth-order valence-electron chi connectivity index (χ4n) is 4.24. The Kier molecular flexibility index (Phi) is 5.62. The van der Waals surface area contributed by atoms with E-state index in [-0.39, 0.29) is 31.1 Å². The van der Waals surface area contributed by atoms with Gasteiger partial charge in [0.2, 0.25) is 11.2 Å². The maximum absolute atomic E-state index is 13.5. The number of amides is 1. The van der Waals surface area contributed by atoms with Crippen molar-refractivity contribution in [2.75, 3.05) is 32.9 Å². The van der Waals surface area contributed by atoms with Gasteiger partial charge >= 0.3 is 5.97 Å². The quantitative estimate of drug-likeness (QED) is 0.546. The third-order valence-electron chi connectivity index (χ3n) is 6.28. The van der Waals surface area contributed by atoms with Gasteiger partial charge in [-0.25, -0.2) is 13.2 Å². The van der Waals surface area contributed by atoms with Gasteiger partial charge in [-0.2, -0.15) is 5.10 Å². The van der Waals surface area contributed by atoms with Gasteiger partial charge in [-0.15, -0.1) is 0 Å². The Labute approximate surface area is 187 Å². The summed E-state index contributed by atoms with van der Waals surface area (Å²) in [6, 6.07) is 0. The highest BCUT2D eigenvalue weighted by Crippen LogP contribution is 2.54. The molecule has 1 aromatic rings. The molecule has 32 heavy (non-hydrogen) atoms. The lowest BCUT2D eigenvalue weighted by Gasteiger charge is -2.42. The maximum Gasteiger partial charge on any atom is 0.359 e. The van der Waals surface area contributed by atoms with Gasteiger partial charge < -0.3 is 9.64 Å². The molecule has 1 saturated carbocycles. The van der Waals surface area contributed by atoms with Crippen LogP contribution in [-0.2, 0) is 36.4 Å². The first-order valence-electron chi connectivity index (χ1n) is 10.2. The van der Waals surface area contributed by atoms with Crippen LogP contribution in [-0.4, -0.2) is 86.5 Å². The summed E-state index contributed by atoms with van der Waals surface area (Å²) in [5.74, 6) is -0.989. The highest BCUT2D eigenvalue weighted by Gasteiger charge is 2.64. The standard InChI is InChI=1S/C18H27N3O9S2/c1-4-28-16(23)13-12-5-8-21(15(22)14(12)20(3)19-13)9-18(6-7-18)31(24,25)17(2)10-29-32(26,27)30-11-17/h26-27H,4-11H2,1-3H3. The van der Waals surface area contributed by atoms with Gasteiger partial charge in [-0.05, 0) is 33.1 Å².